The molecule has 0 bridgehead atoms. The number of imidazole rings is 1. The molecule has 0 saturated carbocycles. The van der Waals surface area contributed by atoms with E-state index in [2.05, 4.69) is 225 Å². The van der Waals surface area contributed by atoms with Gasteiger partial charge in [-0.2, -0.15) is 0 Å². The second-order valence-electron chi connectivity index (χ2n) is 21.6. The quantitative estimate of drug-likeness (QED) is 0.169. The van der Waals surface area contributed by atoms with Gasteiger partial charge in [-0.25, -0.2) is 4.98 Å². The van der Waals surface area contributed by atoms with Gasteiger partial charge in [0.15, 0.2) is 0 Å². The van der Waals surface area contributed by atoms with Crippen LogP contribution in [0.15, 0.2) is 174 Å². The molecule has 11 aromatic rings. The molecule has 1 N–H and O–H groups in total. The maximum Gasteiger partial charge on any atom is 0.148 e. The van der Waals surface area contributed by atoms with Crippen LogP contribution in [-0.4, -0.2) is 19.6 Å². The monoisotopic (exact) mass is 1090 g/mol. The molecule has 70 heavy (non-hydrogen) atoms. The van der Waals surface area contributed by atoms with Crippen LogP contribution >= 0.6 is 0 Å². The molecule has 0 aliphatic rings. The topological polar surface area (TPSA) is 64.1 Å². The van der Waals surface area contributed by atoms with Gasteiger partial charge in [0, 0.05) is 60.2 Å². The summed E-state index contributed by atoms with van der Waals surface area (Å²) in [6.07, 6.45) is 1.87. The van der Waals surface area contributed by atoms with Gasteiger partial charge < -0.3 is 9.52 Å². The number of aromatic hydroxyl groups is 1. The first-order valence-electron chi connectivity index (χ1n) is 24.0. The second kappa shape index (κ2) is 17.4. The van der Waals surface area contributed by atoms with E-state index in [9.17, 15) is 5.11 Å². The van der Waals surface area contributed by atoms with Crippen LogP contribution in [-0.2, 0) is 37.3 Å². The van der Waals surface area contributed by atoms with Crippen LogP contribution in [0.1, 0.15) is 79.0 Å². The Hall–Kier alpha value is -7.07. The zero-order valence-electron chi connectivity index (χ0n) is 41.2. The molecule has 8 aromatic carbocycles. The molecule has 0 radical (unpaired) electrons. The van der Waals surface area contributed by atoms with Crippen molar-refractivity contribution in [3.63, 3.8) is 0 Å². The smallest absolute Gasteiger partial charge is 0.148 e. The van der Waals surface area contributed by atoms with Crippen LogP contribution in [0.4, 0.5) is 0 Å². The minimum absolute atomic E-state index is 0. The van der Waals surface area contributed by atoms with Gasteiger partial charge in [0.25, 0.3) is 0 Å². The van der Waals surface area contributed by atoms with Crippen LogP contribution in [0.5, 0.6) is 5.75 Å². The summed E-state index contributed by atoms with van der Waals surface area (Å²) in [6, 6.07) is 61.6. The summed E-state index contributed by atoms with van der Waals surface area (Å²) in [7, 11) is 0. The predicted molar refractivity (Wildman–Crippen MR) is 287 cm³/mol. The first kappa shape index (κ1) is 46.6. The van der Waals surface area contributed by atoms with Crippen molar-refractivity contribution in [2.75, 3.05) is 0 Å². The van der Waals surface area contributed by atoms with E-state index in [1.165, 1.54) is 5.56 Å². The molecule has 0 spiro atoms. The van der Waals surface area contributed by atoms with E-state index in [0.717, 1.165) is 105 Å². The first-order chi connectivity index (χ1) is 33.0. The van der Waals surface area contributed by atoms with Crippen molar-refractivity contribution in [3.8, 4) is 67.5 Å². The average molecular weight is 1090 g/mol. The largest absolute Gasteiger partial charge is 0.507 e. The molecule has 0 aliphatic carbocycles. The van der Waals surface area contributed by atoms with E-state index < -0.39 is 0 Å². The molecule has 0 saturated heterocycles. The van der Waals surface area contributed by atoms with Gasteiger partial charge in [0.1, 0.15) is 22.7 Å². The normalized spacial score (nSPS) is 12.3. The zero-order chi connectivity index (χ0) is 48.0. The number of nitrogens with zero attached hydrogens (tertiary/aromatic N) is 3. The van der Waals surface area contributed by atoms with Gasteiger partial charge in [-0.05, 0) is 80.3 Å². The van der Waals surface area contributed by atoms with Crippen LogP contribution in [0, 0.1) is 6.07 Å². The minimum atomic E-state index is -0.348. The molecule has 0 fully saturated rings. The number of hydrogen-bond donors (Lipinski definition) is 1. The molecule has 3 heterocycles. The van der Waals surface area contributed by atoms with E-state index in [4.69, 9.17) is 14.4 Å². The van der Waals surface area contributed by atoms with Gasteiger partial charge >= 0.3 is 0 Å². The van der Waals surface area contributed by atoms with Gasteiger partial charge in [0.2, 0.25) is 0 Å². The van der Waals surface area contributed by atoms with E-state index in [-0.39, 0.29) is 43.1 Å². The third kappa shape index (κ3) is 8.14. The van der Waals surface area contributed by atoms with Crippen molar-refractivity contribution in [2.45, 2.75) is 78.6 Å². The number of rotatable bonds is 6. The fraction of sp³-hybridized carbons (Fsp3) is 0.188. The number of aromatic nitrogens is 3. The van der Waals surface area contributed by atoms with Crippen LogP contribution in [0.3, 0.4) is 0 Å². The Kier molecular flexibility index (Phi) is 11.6. The number of fused-ring (bicyclic) bond motifs is 6. The maximum atomic E-state index is 12.6. The van der Waals surface area contributed by atoms with E-state index in [0.29, 0.717) is 11.4 Å². The molecule has 6 heteroatoms. The number of furan rings is 1. The molecular weight excluding hydrogens is 1040 g/mol. The Morgan fingerprint density at radius 3 is 1.89 bits per heavy atom. The van der Waals surface area contributed by atoms with E-state index in [1.807, 2.05) is 18.3 Å². The summed E-state index contributed by atoms with van der Waals surface area (Å²) in [5, 5.41) is 16.9. The number of pyridine rings is 1. The molecule has 0 unspecified atom stereocenters. The van der Waals surface area contributed by atoms with E-state index in [1.54, 1.807) is 0 Å². The van der Waals surface area contributed by atoms with Gasteiger partial charge in [0.05, 0.1) is 22.3 Å². The Morgan fingerprint density at radius 1 is 0.514 bits per heavy atom. The molecule has 11 rings (SSSR count). The van der Waals surface area contributed by atoms with Crippen molar-refractivity contribution in [1.82, 2.24) is 14.5 Å². The average Bonchev–Trinajstić information content (AvgIpc) is 3.93. The fourth-order valence-corrected chi connectivity index (χ4v) is 9.86. The maximum absolute atomic E-state index is 12.6. The van der Waals surface area contributed by atoms with Crippen molar-refractivity contribution >= 4 is 43.7 Å². The summed E-state index contributed by atoms with van der Waals surface area (Å²) >= 11 is 0. The molecule has 0 atom stereocenters. The molecule has 350 valence electrons. The summed E-state index contributed by atoms with van der Waals surface area (Å²) in [5.41, 5.74) is 15.1. The Bertz CT molecular complexity index is 3790. The van der Waals surface area contributed by atoms with Crippen LogP contribution < -0.4 is 0 Å². The number of phenols is 1. The predicted octanol–water partition coefficient (Wildman–Crippen LogP) is 17.2. The summed E-state index contributed by atoms with van der Waals surface area (Å²) in [5.74, 6) is 0.895. The first-order valence-corrected chi connectivity index (χ1v) is 24.0. The molecule has 0 aliphatic heterocycles. The van der Waals surface area contributed by atoms with Crippen molar-refractivity contribution in [3.05, 3.63) is 193 Å². The van der Waals surface area contributed by atoms with Crippen molar-refractivity contribution < 1.29 is 30.6 Å². The number of benzene rings is 8. The Balaban J connectivity index is 0.00000567. The van der Waals surface area contributed by atoms with Crippen molar-refractivity contribution in [2.24, 2.45) is 0 Å². The number of phenolic OH excluding ortho intramolecular Hbond substituents is 1. The van der Waals surface area contributed by atoms with Crippen molar-refractivity contribution in [1.29, 1.82) is 0 Å². The molecule has 3 aromatic heterocycles. The summed E-state index contributed by atoms with van der Waals surface area (Å²) in [6.45, 7) is 19.9. The van der Waals surface area contributed by atoms with Gasteiger partial charge in [-0.15, -0.1) is 23.8 Å². The van der Waals surface area contributed by atoms with Crippen LogP contribution in [0.25, 0.3) is 105 Å². The van der Waals surface area contributed by atoms with E-state index >= 15 is 0 Å². The summed E-state index contributed by atoms with van der Waals surface area (Å²) in [4.78, 5) is 10.7. The molecule has 5 nitrogen and oxygen atoms in total. The third-order valence-electron chi connectivity index (χ3n) is 13.7. The number of hydrogen-bond acceptors (Lipinski definition) is 4. The van der Waals surface area contributed by atoms with Crippen LogP contribution in [0.2, 0.25) is 0 Å². The minimum Gasteiger partial charge on any atom is -0.507 e. The van der Waals surface area contributed by atoms with Gasteiger partial charge in [-0.3, -0.25) is 9.55 Å². The fourth-order valence-electron chi connectivity index (χ4n) is 9.86. The Morgan fingerprint density at radius 2 is 1.17 bits per heavy atom. The Labute approximate surface area is 425 Å². The number of para-hydroxylation sites is 1. The SMILES string of the molecule is CC(C)(C)c1ccc(-n2c(-c3cc(C(C)(C)C)cc(C(C)(C)C)c3O)nc3c(-c4[c-]c(-c5nccc6c5oc5c7ccccc7ccc65)cc(-c5ccccc5)c4)cccc32)c(-c2ccccc2)c1.[Pt]. The molecular formula is C64H56N3O2Pt-. The second-order valence-corrected chi connectivity index (χ2v) is 21.6. The zero-order valence-corrected chi connectivity index (χ0v) is 43.5. The summed E-state index contributed by atoms with van der Waals surface area (Å²) < 4.78 is 9.13. The van der Waals surface area contributed by atoms with Gasteiger partial charge in [-0.1, -0.05) is 194 Å². The standard InChI is InChI=1S/C64H56N3O2.Pt/c1-62(2,3)45-28-30-54(51(36-45)40-21-14-11-15-22-40)67-55-26-18-25-47(57(55)66-61(67)52-37-46(63(4,5)6)38-53(58(52)68)64(7,8)9)43-33-42(39-19-12-10-13-20-39)34-44(35-43)56-60-50(31-32-65-56)49-29-27-41-23-16-17-24-48(41)59(49)69-60;/h10-34,36-38,68H,1-9H3;/q-1;. The third-order valence-corrected chi connectivity index (χ3v) is 13.7. The molecule has 0 amide bonds.